The molecular weight excluding hydrogens is 276 g/mol. The highest BCUT2D eigenvalue weighted by molar-refractivity contribution is 7.10. The quantitative estimate of drug-likeness (QED) is 0.777. The maximum Gasteiger partial charge on any atom is 0.0495 e. The second-order valence-corrected chi connectivity index (χ2v) is 6.08. The van der Waals surface area contributed by atoms with E-state index < -0.39 is 0 Å². The number of aryl methyl sites for hydroxylation is 1. The van der Waals surface area contributed by atoms with Crippen molar-refractivity contribution in [3.8, 4) is 0 Å². The van der Waals surface area contributed by atoms with Gasteiger partial charge in [-0.05, 0) is 29.1 Å². The molecule has 2 N–H and O–H groups in total. The van der Waals surface area contributed by atoms with Gasteiger partial charge in [0.05, 0.1) is 0 Å². The molecule has 3 rings (SSSR count). The lowest BCUT2D eigenvalue weighted by Crippen LogP contribution is -2.12. The van der Waals surface area contributed by atoms with Gasteiger partial charge in [-0.3, -0.25) is 0 Å². The zero-order valence-corrected chi connectivity index (χ0v) is 12.2. The second-order valence-electron chi connectivity index (χ2n) is 4.66. The Kier molecular flexibility index (Phi) is 3.35. The number of nitrogens with two attached hydrogens (primary N) is 1. The number of aromatic nitrogens is 1. The molecule has 1 atom stereocenters. The van der Waals surface area contributed by atoms with Crippen LogP contribution in [0.3, 0.4) is 0 Å². The molecule has 0 saturated heterocycles. The van der Waals surface area contributed by atoms with Gasteiger partial charge in [0.25, 0.3) is 0 Å². The van der Waals surface area contributed by atoms with E-state index in [-0.39, 0.29) is 5.92 Å². The first-order valence-electron chi connectivity index (χ1n) is 6.18. The van der Waals surface area contributed by atoms with Crippen molar-refractivity contribution in [3.63, 3.8) is 0 Å². The van der Waals surface area contributed by atoms with Gasteiger partial charge < -0.3 is 10.3 Å². The molecule has 2 aromatic heterocycles. The third-order valence-electron chi connectivity index (χ3n) is 3.48. The van der Waals surface area contributed by atoms with E-state index in [0.717, 1.165) is 10.5 Å². The zero-order valence-electron chi connectivity index (χ0n) is 10.6. The summed E-state index contributed by atoms with van der Waals surface area (Å²) in [5.41, 5.74) is 8.42. The van der Waals surface area contributed by atoms with E-state index in [9.17, 15) is 0 Å². The average molecular weight is 291 g/mol. The lowest BCUT2D eigenvalue weighted by atomic mass is 9.97. The summed E-state index contributed by atoms with van der Waals surface area (Å²) in [5, 5.41) is 4.09. The van der Waals surface area contributed by atoms with Crippen LogP contribution in [-0.2, 0) is 7.05 Å². The molecule has 0 spiro atoms. The van der Waals surface area contributed by atoms with Crippen LogP contribution in [0.4, 0.5) is 0 Å². The van der Waals surface area contributed by atoms with Gasteiger partial charge in [-0.15, -0.1) is 11.3 Å². The molecule has 98 valence electrons. The molecule has 0 amide bonds. The number of nitrogens with zero attached hydrogens (tertiary/aromatic N) is 1. The first kappa shape index (κ1) is 12.7. The minimum Gasteiger partial charge on any atom is -0.350 e. The van der Waals surface area contributed by atoms with Crippen LogP contribution in [0.25, 0.3) is 10.9 Å². The third-order valence-corrected chi connectivity index (χ3v) is 4.70. The predicted octanol–water partition coefficient (Wildman–Crippen LogP) is 3.98. The fourth-order valence-electron chi connectivity index (χ4n) is 2.55. The molecule has 0 fully saturated rings. The first-order valence-corrected chi connectivity index (χ1v) is 7.44. The Bertz CT molecular complexity index is 700. The van der Waals surface area contributed by atoms with Crippen LogP contribution in [0.15, 0.2) is 41.9 Å². The molecule has 3 aromatic rings. The van der Waals surface area contributed by atoms with Gasteiger partial charge in [0.15, 0.2) is 0 Å². The minimum absolute atomic E-state index is 0.255. The van der Waals surface area contributed by atoms with E-state index in [4.69, 9.17) is 17.3 Å². The van der Waals surface area contributed by atoms with Gasteiger partial charge in [0.1, 0.15) is 0 Å². The second kappa shape index (κ2) is 5.00. The molecule has 19 heavy (non-hydrogen) atoms. The molecule has 1 unspecified atom stereocenters. The number of rotatable bonds is 3. The molecule has 0 saturated carbocycles. The van der Waals surface area contributed by atoms with Crippen LogP contribution >= 0.6 is 22.9 Å². The van der Waals surface area contributed by atoms with Crippen LogP contribution < -0.4 is 5.73 Å². The van der Waals surface area contributed by atoms with Gasteiger partial charge >= 0.3 is 0 Å². The third kappa shape index (κ3) is 2.18. The molecule has 2 heterocycles. The van der Waals surface area contributed by atoms with E-state index in [0.29, 0.717) is 6.54 Å². The summed E-state index contributed by atoms with van der Waals surface area (Å²) in [6.07, 6.45) is 2.16. The lowest BCUT2D eigenvalue weighted by molar-refractivity contribution is 0.831. The molecule has 0 radical (unpaired) electrons. The summed E-state index contributed by atoms with van der Waals surface area (Å²) in [6, 6.07) is 10.3. The molecular formula is C15H15ClN2S. The van der Waals surface area contributed by atoms with Crippen molar-refractivity contribution in [2.24, 2.45) is 12.8 Å². The molecule has 0 bridgehead atoms. The van der Waals surface area contributed by atoms with Gasteiger partial charge in [-0.1, -0.05) is 23.7 Å². The van der Waals surface area contributed by atoms with Gasteiger partial charge in [-0.25, -0.2) is 0 Å². The standard InChI is InChI=1S/C15H15ClN2S/c1-18-9-13(11-5-4-10(16)7-14(11)18)12(8-17)15-3-2-6-19-15/h2-7,9,12H,8,17H2,1H3. The maximum atomic E-state index is 6.08. The van der Waals surface area contributed by atoms with E-state index in [1.807, 2.05) is 19.2 Å². The van der Waals surface area contributed by atoms with Crippen LogP contribution in [0.1, 0.15) is 16.4 Å². The van der Waals surface area contributed by atoms with E-state index >= 15 is 0 Å². The summed E-state index contributed by atoms with van der Waals surface area (Å²) >= 11 is 7.83. The Hall–Kier alpha value is -1.29. The normalized spacial score (nSPS) is 13.0. The SMILES string of the molecule is Cn1cc(C(CN)c2cccs2)c2ccc(Cl)cc21. The predicted molar refractivity (Wildman–Crippen MR) is 83.1 cm³/mol. The van der Waals surface area contributed by atoms with Crippen molar-refractivity contribution < 1.29 is 0 Å². The van der Waals surface area contributed by atoms with Gasteiger partial charge in [0.2, 0.25) is 0 Å². The summed E-state index contributed by atoms with van der Waals surface area (Å²) in [6.45, 7) is 0.613. The number of hydrogen-bond acceptors (Lipinski definition) is 2. The Morgan fingerprint density at radius 2 is 2.21 bits per heavy atom. The number of fused-ring (bicyclic) bond motifs is 1. The molecule has 4 heteroatoms. The highest BCUT2D eigenvalue weighted by atomic mass is 35.5. The van der Waals surface area contributed by atoms with Gasteiger partial charge in [-0.2, -0.15) is 0 Å². The minimum atomic E-state index is 0.255. The summed E-state index contributed by atoms with van der Waals surface area (Å²) < 4.78 is 2.12. The summed E-state index contributed by atoms with van der Waals surface area (Å²) in [7, 11) is 2.05. The number of benzene rings is 1. The summed E-state index contributed by atoms with van der Waals surface area (Å²) in [5.74, 6) is 0.255. The van der Waals surface area contributed by atoms with Crippen molar-refractivity contribution in [3.05, 3.63) is 57.4 Å². The molecule has 0 aliphatic heterocycles. The van der Waals surface area contributed by atoms with E-state index in [1.165, 1.54) is 15.8 Å². The van der Waals surface area contributed by atoms with Crippen molar-refractivity contribution in [2.45, 2.75) is 5.92 Å². The lowest BCUT2D eigenvalue weighted by Gasteiger charge is -2.12. The number of thiophene rings is 1. The fraction of sp³-hybridized carbons (Fsp3) is 0.200. The van der Waals surface area contributed by atoms with E-state index in [1.54, 1.807) is 11.3 Å². The number of halogens is 1. The van der Waals surface area contributed by atoms with E-state index in [2.05, 4.69) is 34.3 Å². The molecule has 0 aliphatic rings. The Labute approximate surface area is 121 Å². The van der Waals surface area contributed by atoms with Crippen molar-refractivity contribution in [2.75, 3.05) is 6.54 Å². The van der Waals surface area contributed by atoms with Crippen LogP contribution in [-0.4, -0.2) is 11.1 Å². The zero-order chi connectivity index (χ0) is 13.4. The largest absolute Gasteiger partial charge is 0.350 e. The average Bonchev–Trinajstić information content (AvgIpc) is 3.01. The first-order chi connectivity index (χ1) is 9.20. The highest BCUT2D eigenvalue weighted by Crippen LogP contribution is 2.34. The number of hydrogen-bond donors (Lipinski definition) is 1. The van der Waals surface area contributed by atoms with Crippen molar-refractivity contribution in [1.82, 2.24) is 4.57 Å². The van der Waals surface area contributed by atoms with Gasteiger partial charge in [0, 0.05) is 46.5 Å². The fourth-order valence-corrected chi connectivity index (χ4v) is 3.58. The highest BCUT2D eigenvalue weighted by Gasteiger charge is 2.18. The Morgan fingerprint density at radius 1 is 1.37 bits per heavy atom. The Balaban J connectivity index is 2.19. The maximum absolute atomic E-state index is 6.08. The summed E-state index contributed by atoms with van der Waals surface area (Å²) in [4.78, 5) is 1.31. The molecule has 0 aliphatic carbocycles. The monoisotopic (exact) mass is 290 g/mol. The smallest absolute Gasteiger partial charge is 0.0495 e. The van der Waals surface area contributed by atoms with Crippen LogP contribution in [0.5, 0.6) is 0 Å². The molecule has 1 aromatic carbocycles. The topological polar surface area (TPSA) is 30.9 Å². The van der Waals surface area contributed by atoms with Crippen molar-refractivity contribution in [1.29, 1.82) is 0 Å². The van der Waals surface area contributed by atoms with Crippen LogP contribution in [0, 0.1) is 0 Å². The van der Waals surface area contributed by atoms with Crippen molar-refractivity contribution >= 4 is 33.8 Å². The molecule has 2 nitrogen and oxygen atoms in total. The Morgan fingerprint density at radius 3 is 2.89 bits per heavy atom. The van der Waals surface area contributed by atoms with Crippen LogP contribution in [0.2, 0.25) is 5.02 Å².